The second kappa shape index (κ2) is 7.39. The molecule has 0 heterocycles. The van der Waals surface area contributed by atoms with Crippen LogP contribution in [0, 0.1) is 11.8 Å². The van der Waals surface area contributed by atoms with Crippen molar-refractivity contribution in [2.75, 3.05) is 6.61 Å². The van der Waals surface area contributed by atoms with Crippen molar-refractivity contribution in [3.63, 3.8) is 0 Å². The van der Waals surface area contributed by atoms with E-state index in [0.29, 0.717) is 18.8 Å². The van der Waals surface area contributed by atoms with E-state index < -0.39 is 6.10 Å². The van der Waals surface area contributed by atoms with Gasteiger partial charge in [-0.1, -0.05) is 12.8 Å². The molecule has 1 atom stereocenters. The summed E-state index contributed by atoms with van der Waals surface area (Å²) in [5.41, 5.74) is 0.925. The Kier molecular flexibility index (Phi) is 5.79. The van der Waals surface area contributed by atoms with Crippen LogP contribution in [0.3, 0.4) is 0 Å². The van der Waals surface area contributed by atoms with Crippen LogP contribution in [0.2, 0.25) is 0 Å². The zero-order valence-electron chi connectivity index (χ0n) is 11.0. The highest BCUT2D eigenvalue weighted by Crippen LogP contribution is 2.15. The summed E-state index contributed by atoms with van der Waals surface area (Å²) in [5, 5.41) is 0. The molecule has 0 bridgehead atoms. The van der Waals surface area contributed by atoms with Crippen LogP contribution in [0.1, 0.15) is 32.8 Å². The summed E-state index contributed by atoms with van der Waals surface area (Å²) < 4.78 is 10.5. The summed E-state index contributed by atoms with van der Waals surface area (Å²) in [4.78, 5) is 11.6. The van der Waals surface area contributed by atoms with E-state index in [-0.39, 0.29) is 5.97 Å². The van der Waals surface area contributed by atoms with Crippen LogP contribution >= 0.6 is 0 Å². The Morgan fingerprint density at radius 3 is 2.44 bits per heavy atom. The van der Waals surface area contributed by atoms with Crippen molar-refractivity contribution < 1.29 is 14.3 Å². The molecule has 0 fully saturated rings. The van der Waals surface area contributed by atoms with Gasteiger partial charge in [-0.25, -0.2) is 4.79 Å². The average Bonchev–Trinajstić information content (AvgIpc) is 2.38. The molecule has 1 aromatic rings. The van der Waals surface area contributed by atoms with Crippen LogP contribution in [0.25, 0.3) is 0 Å². The van der Waals surface area contributed by atoms with E-state index in [2.05, 4.69) is 11.8 Å². The first-order valence-corrected chi connectivity index (χ1v) is 6.07. The number of ether oxygens (including phenoxy) is 2. The Balaban J connectivity index is 2.69. The number of carbonyl (C=O) groups is 1. The van der Waals surface area contributed by atoms with Crippen LogP contribution in [0.15, 0.2) is 24.3 Å². The van der Waals surface area contributed by atoms with Crippen molar-refractivity contribution >= 4 is 5.97 Å². The third-order valence-electron chi connectivity index (χ3n) is 2.32. The summed E-state index contributed by atoms with van der Waals surface area (Å²) in [6, 6.07) is 7.34. The van der Waals surface area contributed by atoms with Gasteiger partial charge < -0.3 is 9.47 Å². The van der Waals surface area contributed by atoms with Crippen LogP contribution in [0.4, 0.5) is 0 Å². The number of hydrogen-bond donors (Lipinski definition) is 0. The van der Waals surface area contributed by atoms with Gasteiger partial charge >= 0.3 is 5.97 Å². The maximum atomic E-state index is 11.6. The number of esters is 1. The van der Waals surface area contributed by atoms with E-state index in [1.54, 1.807) is 13.8 Å². The molecular formula is C15H18O3. The molecule has 18 heavy (non-hydrogen) atoms. The predicted octanol–water partition coefficient (Wildman–Crippen LogP) is 2.78. The second-order valence-corrected chi connectivity index (χ2v) is 3.67. The molecule has 0 aliphatic rings. The van der Waals surface area contributed by atoms with E-state index in [0.717, 1.165) is 5.56 Å². The quantitative estimate of drug-likeness (QED) is 0.592. The van der Waals surface area contributed by atoms with Crippen molar-refractivity contribution in [2.24, 2.45) is 0 Å². The number of carbonyl (C=O) groups excluding carboxylic acids is 1. The van der Waals surface area contributed by atoms with Crippen LogP contribution < -0.4 is 4.74 Å². The van der Waals surface area contributed by atoms with E-state index in [1.165, 1.54) is 0 Å². The molecule has 0 aliphatic carbocycles. The molecule has 0 saturated heterocycles. The smallest absolute Gasteiger partial charge is 0.347 e. The van der Waals surface area contributed by atoms with Crippen molar-refractivity contribution in [3.05, 3.63) is 29.8 Å². The van der Waals surface area contributed by atoms with Gasteiger partial charge in [-0.15, -0.1) is 5.92 Å². The van der Waals surface area contributed by atoms with Crippen molar-refractivity contribution in [1.82, 2.24) is 0 Å². The van der Waals surface area contributed by atoms with Gasteiger partial charge in [-0.2, -0.15) is 0 Å². The fraction of sp³-hybridized carbons (Fsp3) is 0.400. The number of rotatable bonds is 5. The van der Waals surface area contributed by atoms with E-state index >= 15 is 0 Å². The highest BCUT2D eigenvalue weighted by molar-refractivity contribution is 5.75. The maximum absolute atomic E-state index is 11.6. The lowest BCUT2D eigenvalue weighted by molar-refractivity contribution is -0.151. The first-order valence-electron chi connectivity index (χ1n) is 6.07. The highest BCUT2D eigenvalue weighted by Gasteiger charge is 2.19. The fourth-order valence-electron chi connectivity index (χ4n) is 1.46. The third-order valence-corrected chi connectivity index (χ3v) is 2.32. The largest absolute Gasteiger partial charge is 0.479 e. The first-order chi connectivity index (χ1) is 8.71. The van der Waals surface area contributed by atoms with Gasteiger partial charge in [-0.05, 0) is 44.5 Å². The molecule has 0 radical (unpaired) electrons. The minimum atomic E-state index is -0.548. The molecule has 3 nitrogen and oxygen atoms in total. The second-order valence-electron chi connectivity index (χ2n) is 3.67. The van der Waals surface area contributed by atoms with Gasteiger partial charge in [0.15, 0.2) is 6.10 Å². The Hall–Kier alpha value is -1.95. The fourth-order valence-corrected chi connectivity index (χ4v) is 1.46. The molecule has 1 aromatic carbocycles. The number of hydrogen-bond acceptors (Lipinski definition) is 3. The van der Waals surface area contributed by atoms with Gasteiger partial charge in [0.05, 0.1) is 6.61 Å². The zero-order chi connectivity index (χ0) is 13.4. The molecular weight excluding hydrogens is 228 g/mol. The zero-order valence-corrected chi connectivity index (χ0v) is 11.0. The van der Waals surface area contributed by atoms with E-state index in [4.69, 9.17) is 9.47 Å². The lowest BCUT2D eigenvalue weighted by atomic mass is 10.2. The van der Waals surface area contributed by atoms with E-state index in [1.807, 2.05) is 31.2 Å². The van der Waals surface area contributed by atoms with Gasteiger partial charge in [-0.3, -0.25) is 0 Å². The summed E-state index contributed by atoms with van der Waals surface area (Å²) in [5.74, 6) is 6.10. The molecule has 0 aromatic heterocycles. The van der Waals surface area contributed by atoms with Crippen molar-refractivity contribution in [3.8, 4) is 17.6 Å². The molecule has 1 rings (SSSR count). The summed E-state index contributed by atoms with van der Waals surface area (Å²) >= 11 is 0. The Morgan fingerprint density at radius 2 is 1.94 bits per heavy atom. The van der Waals surface area contributed by atoms with Gasteiger partial charge in [0.1, 0.15) is 5.75 Å². The number of benzene rings is 1. The first kappa shape index (κ1) is 14.1. The molecule has 3 heteroatoms. The highest BCUT2D eigenvalue weighted by atomic mass is 16.6. The SMILES string of the molecule is CC#Cc1ccc(OC(CC)C(=O)OCC)cc1. The molecule has 1 unspecified atom stereocenters. The van der Waals surface area contributed by atoms with Crippen LogP contribution in [-0.4, -0.2) is 18.7 Å². The van der Waals surface area contributed by atoms with E-state index in [9.17, 15) is 4.79 Å². The topological polar surface area (TPSA) is 35.5 Å². The minimum Gasteiger partial charge on any atom is -0.479 e. The Morgan fingerprint density at radius 1 is 1.28 bits per heavy atom. The Labute approximate surface area is 108 Å². The lowest BCUT2D eigenvalue weighted by Crippen LogP contribution is -2.28. The predicted molar refractivity (Wildman–Crippen MR) is 70.3 cm³/mol. The third kappa shape index (κ3) is 4.14. The molecule has 0 amide bonds. The minimum absolute atomic E-state index is 0.322. The van der Waals surface area contributed by atoms with Crippen molar-refractivity contribution in [1.29, 1.82) is 0 Å². The van der Waals surface area contributed by atoms with Gasteiger partial charge in [0, 0.05) is 5.56 Å². The van der Waals surface area contributed by atoms with Gasteiger partial charge in [0.2, 0.25) is 0 Å². The molecule has 0 N–H and O–H groups in total. The standard InChI is InChI=1S/C15H18O3/c1-4-7-12-8-10-13(11-9-12)18-14(5-2)15(16)17-6-3/h8-11,14H,5-6H2,1-3H3. The summed E-state index contributed by atoms with van der Waals surface area (Å²) in [6.07, 6.45) is 0.0306. The normalized spacial score (nSPS) is 11.1. The molecule has 96 valence electrons. The molecule has 0 spiro atoms. The summed E-state index contributed by atoms with van der Waals surface area (Å²) in [7, 11) is 0. The average molecular weight is 246 g/mol. The van der Waals surface area contributed by atoms with Crippen LogP contribution in [0.5, 0.6) is 5.75 Å². The molecule has 0 aliphatic heterocycles. The summed E-state index contributed by atoms with van der Waals surface area (Å²) in [6.45, 7) is 5.82. The van der Waals surface area contributed by atoms with Crippen LogP contribution in [-0.2, 0) is 9.53 Å². The van der Waals surface area contributed by atoms with Crippen molar-refractivity contribution in [2.45, 2.75) is 33.3 Å². The van der Waals surface area contributed by atoms with Gasteiger partial charge in [0.25, 0.3) is 0 Å². The monoisotopic (exact) mass is 246 g/mol. The lowest BCUT2D eigenvalue weighted by Gasteiger charge is -2.15. The molecule has 0 saturated carbocycles. The Bertz CT molecular complexity index is 437. The maximum Gasteiger partial charge on any atom is 0.347 e.